The molecule has 0 bridgehead atoms. The fourth-order valence-corrected chi connectivity index (χ4v) is 1.09. The Kier molecular flexibility index (Phi) is 5.67. The Morgan fingerprint density at radius 2 is 2.00 bits per heavy atom. The van der Waals surface area contributed by atoms with Gasteiger partial charge >= 0.3 is 12.0 Å². The van der Waals surface area contributed by atoms with E-state index in [0.717, 1.165) is 0 Å². The van der Waals surface area contributed by atoms with Crippen molar-refractivity contribution in [2.45, 2.75) is 20.8 Å². The first-order valence-corrected chi connectivity index (χ1v) is 4.72. The fourth-order valence-electron chi connectivity index (χ4n) is 1.09. The van der Waals surface area contributed by atoms with Crippen molar-refractivity contribution in [2.75, 3.05) is 19.6 Å². The molecule has 0 aromatic heterocycles. The highest BCUT2D eigenvalue weighted by Crippen LogP contribution is 1.98. The lowest BCUT2D eigenvalue weighted by atomic mass is 10.2. The normalized spacial score (nSPS) is 10.0. The largest absolute Gasteiger partial charge is 0.480 e. The molecule has 0 fully saturated rings. The molecule has 0 heterocycles. The average Bonchev–Trinajstić information content (AvgIpc) is 2.01. The molecular weight excluding hydrogens is 184 g/mol. The first-order valence-electron chi connectivity index (χ1n) is 4.72. The van der Waals surface area contributed by atoms with Crippen LogP contribution < -0.4 is 5.32 Å². The number of nitrogens with one attached hydrogen (secondary N) is 1. The van der Waals surface area contributed by atoms with Crippen LogP contribution in [-0.2, 0) is 4.79 Å². The molecule has 2 amide bonds. The van der Waals surface area contributed by atoms with Crippen LogP contribution in [0.15, 0.2) is 0 Å². The third-order valence-electron chi connectivity index (χ3n) is 1.53. The van der Waals surface area contributed by atoms with Gasteiger partial charge in [0, 0.05) is 13.1 Å². The molecule has 0 atom stereocenters. The van der Waals surface area contributed by atoms with Crippen molar-refractivity contribution in [3.05, 3.63) is 0 Å². The number of carboxylic acids is 1. The van der Waals surface area contributed by atoms with E-state index in [1.165, 1.54) is 4.90 Å². The Morgan fingerprint density at radius 3 is 2.36 bits per heavy atom. The maximum absolute atomic E-state index is 11.4. The van der Waals surface area contributed by atoms with Crippen molar-refractivity contribution in [2.24, 2.45) is 5.92 Å². The maximum Gasteiger partial charge on any atom is 0.323 e. The molecule has 0 saturated carbocycles. The Balaban J connectivity index is 4.22. The number of hydrogen-bond acceptors (Lipinski definition) is 2. The molecule has 82 valence electrons. The molecule has 0 unspecified atom stereocenters. The van der Waals surface area contributed by atoms with Gasteiger partial charge in [-0.25, -0.2) is 4.79 Å². The first-order chi connectivity index (χ1) is 6.47. The highest BCUT2D eigenvalue weighted by Gasteiger charge is 2.16. The summed E-state index contributed by atoms with van der Waals surface area (Å²) in [6.07, 6.45) is 0. The van der Waals surface area contributed by atoms with Crippen molar-refractivity contribution in [3.8, 4) is 0 Å². The molecule has 5 nitrogen and oxygen atoms in total. The zero-order chi connectivity index (χ0) is 11.1. The van der Waals surface area contributed by atoms with E-state index in [-0.39, 0.29) is 18.5 Å². The highest BCUT2D eigenvalue weighted by atomic mass is 16.4. The Bertz CT molecular complexity index is 204. The predicted octanol–water partition coefficient (Wildman–Crippen LogP) is 0.758. The summed E-state index contributed by atoms with van der Waals surface area (Å²) in [5, 5.41) is 11.2. The standard InChI is InChI=1S/C9H18N2O3/c1-4-10-9(14)11(5-7(2)3)6-8(12)13/h7H,4-6H2,1-3H3,(H,10,14)(H,12,13). The van der Waals surface area contributed by atoms with E-state index >= 15 is 0 Å². The molecule has 2 N–H and O–H groups in total. The predicted molar refractivity (Wildman–Crippen MR) is 53.1 cm³/mol. The molecule has 0 rings (SSSR count). The molecule has 0 aliphatic carbocycles. The topological polar surface area (TPSA) is 69.6 Å². The van der Waals surface area contributed by atoms with Crippen LogP contribution in [-0.4, -0.2) is 41.6 Å². The van der Waals surface area contributed by atoms with Crippen LogP contribution >= 0.6 is 0 Å². The van der Waals surface area contributed by atoms with Gasteiger partial charge in [0.2, 0.25) is 0 Å². The monoisotopic (exact) mass is 202 g/mol. The van der Waals surface area contributed by atoms with Gasteiger partial charge in [0.15, 0.2) is 0 Å². The summed E-state index contributed by atoms with van der Waals surface area (Å²) >= 11 is 0. The van der Waals surface area contributed by atoms with Gasteiger partial charge < -0.3 is 15.3 Å². The molecule has 0 saturated heterocycles. The lowest BCUT2D eigenvalue weighted by molar-refractivity contribution is -0.137. The second-order valence-electron chi connectivity index (χ2n) is 3.50. The summed E-state index contributed by atoms with van der Waals surface area (Å²) in [4.78, 5) is 23.1. The molecule has 0 aromatic carbocycles. The lowest BCUT2D eigenvalue weighted by Crippen LogP contribution is -2.44. The molecule has 0 aliphatic heterocycles. The summed E-state index contributed by atoms with van der Waals surface area (Å²) in [7, 11) is 0. The van der Waals surface area contributed by atoms with Gasteiger partial charge in [-0.3, -0.25) is 4.79 Å². The van der Waals surface area contributed by atoms with E-state index in [1.54, 1.807) is 6.92 Å². The van der Waals surface area contributed by atoms with Crippen LogP contribution in [0.5, 0.6) is 0 Å². The van der Waals surface area contributed by atoms with Crippen molar-refractivity contribution in [3.63, 3.8) is 0 Å². The van der Waals surface area contributed by atoms with Crippen molar-refractivity contribution >= 4 is 12.0 Å². The summed E-state index contributed by atoms with van der Waals surface area (Å²) in [5.74, 6) is -0.728. The van der Waals surface area contributed by atoms with Crippen LogP contribution in [0.25, 0.3) is 0 Å². The molecule has 0 spiro atoms. The van der Waals surface area contributed by atoms with Gasteiger partial charge in [0.25, 0.3) is 0 Å². The summed E-state index contributed by atoms with van der Waals surface area (Å²) in [6, 6.07) is -0.316. The number of carbonyl (C=O) groups is 2. The van der Waals surface area contributed by atoms with E-state index in [0.29, 0.717) is 13.1 Å². The Morgan fingerprint density at radius 1 is 1.43 bits per heavy atom. The van der Waals surface area contributed by atoms with Gasteiger partial charge in [-0.15, -0.1) is 0 Å². The van der Waals surface area contributed by atoms with Gasteiger partial charge in [-0.2, -0.15) is 0 Å². The van der Waals surface area contributed by atoms with Crippen molar-refractivity contribution < 1.29 is 14.7 Å². The Hall–Kier alpha value is -1.26. The van der Waals surface area contributed by atoms with E-state index < -0.39 is 5.97 Å². The third-order valence-corrected chi connectivity index (χ3v) is 1.53. The highest BCUT2D eigenvalue weighted by molar-refractivity contribution is 5.80. The van der Waals surface area contributed by atoms with E-state index in [1.807, 2.05) is 13.8 Å². The lowest BCUT2D eigenvalue weighted by Gasteiger charge is -2.22. The third kappa shape index (κ3) is 5.40. The van der Waals surface area contributed by atoms with Crippen LogP contribution in [0.4, 0.5) is 4.79 Å². The van der Waals surface area contributed by atoms with Crippen LogP contribution in [0.3, 0.4) is 0 Å². The minimum atomic E-state index is -0.989. The van der Waals surface area contributed by atoms with Crippen LogP contribution in [0.2, 0.25) is 0 Å². The van der Waals surface area contributed by atoms with Gasteiger partial charge in [-0.05, 0) is 12.8 Å². The molecule has 0 radical (unpaired) electrons. The second-order valence-corrected chi connectivity index (χ2v) is 3.50. The molecule has 0 aromatic rings. The summed E-state index contributed by atoms with van der Waals surface area (Å²) < 4.78 is 0. The minimum absolute atomic E-state index is 0.246. The number of aliphatic carboxylic acids is 1. The quantitative estimate of drug-likeness (QED) is 0.691. The number of carboxylic acid groups (broad SMARTS) is 1. The number of nitrogens with zero attached hydrogens (tertiary/aromatic N) is 1. The van der Waals surface area contributed by atoms with Gasteiger partial charge in [0.1, 0.15) is 6.54 Å². The van der Waals surface area contributed by atoms with E-state index in [2.05, 4.69) is 5.32 Å². The number of carbonyl (C=O) groups excluding carboxylic acids is 1. The van der Waals surface area contributed by atoms with Gasteiger partial charge in [0.05, 0.1) is 0 Å². The van der Waals surface area contributed by atoms with Gasteiger partial charge in [-0.1, -0.05) is 13.8 Å². The summed E-state index contributed by atoms with van der Waals surface area (Å²) in [5.41, 5.74) is 0. The molecule has 0 aliphatic rings. The zero-order valence-electron chi connectivity index (χ0n) is 8.91. The minimum Gasteiger partial charge on any atom is -0.480 e. The fraction of sp³-hybridized carbons (Fsp3) is 0.778. The molecule has 14 heavy (non-hydrogen) atoms. The van der Waals surface area contributed by atoms with E-state index in [9.17, 15) is 9.59 Å². The molecule has 5 heteroatoms. The van der Waals surface area contributed by atoms with Crippen molar-refractivity contribution in [1.29, 1.82) is 0 Å². The summed E-state index contributed by atoms with van der Waals surface area (Å²) in [6.45, 7) is 6.39. The maximum atomic E-state index is 11.4. The van der Waals surface area contributed by atoms with Crippen LogP contribution in [0.1, 0.15) is 20.8 Å². The zero-order valence-corrected chi connectivity index (χ0v) is 8.91. The average molecular weight is 202 g/mol. The van der Waals surface area contributed by atoms with E-state index in [4.69, 9.17) is 5.11 Å². The molecular formula is C9H18N2O3. The van der Waals surface area contributed by atoms with Crippen molar-refractivity contribution in [1.82, 2.24) is 10.2 Å². The smallest absolute Gasteiger partial charge is 0.323 e. The second kappa shape index (κ2) is 6.23. The number of amides is 2. The van der Waals surface area contributed by atoms with Crippen LogP contribution in [0, 0.1) is 5.92 Å². The number of hydrogen-bond donors (Lipinski definition) is 2. The number of rotatable bonds is 5. The number of urea groups is 1. The Labute approximate surface area is 84.1 Å². The SMILES string of the molecule is CCNC(=O)N(CC(=O)O)CC(C)C. The first kappa shape index (κ1) is 12.7.